The molecule has 4 amide bonds. The molecule has 0 spiro atoms. The van der Waals surface area contributed by atoms with Crippen LogP contribution < -0.4 is 10.1 Å². The number of nitrogens with one attached hydrogen (secondary N) is 1. The van der Waals surface area contributed by atoms with Crippen LogP contribution in [0.5, 0.6) is 5.75 Å². The fourth-order valence-electron chi connectivity index (χ4n) is 4.20. The second kappa shape index (κ2) is 11.6. The van der Waals surface area contributed by atoms with Gasteiger partial charge in [0.25, 0.3) is 11.8 Å². The first-order valence-corrected chi connectivity index (χ1v) is 11.9. The number of rotatable bonds is 11. The molecule has 186 valence electrons. The molecule has 0 bridgehead atoms. The first-order chi connectivity index (χ1) is 16.8. The lowest BCUT2D eigenvalue weighted by molar-refractivity contribution is -0.141. The Morgan fingerprint density at radius 2 is 1.60 bits per heavy atom. The summed E-state index contributed by atoms with van der Waals surface area (Å²) >= 11 is 0. The number of hydrogen-bond donors (Lipinski definition) is 1. The van der Waals surface area contributed by atoms with Gasteiger partial charge in [0.15, 0.2) is 0 Å². The molecule has 1 aliphatic heterocycles. The molecule has 0 aliphatic carbocycles. The summed E-state index contributed by atoms with van der Waals surface area (Å²) in [7, 11) is 1.59. The van der Waals surface area contributed by atoms with Crippen molar-refractivity contribution >= 4 is 23.6 Å². The van der Waals surface area contributed by atoms with E-state index in [0.29, 0.717) is 29.7 Å². The van der Waals surface area contributed by atoms with Gasteiger partial charge in [-0.3, -0.25) is 24.1 Å². The van der Waals surface area contributed by atoms with Gasteiger partial charge in [-0.1, -0.05) is 31.2 Å². The minimum absolute atomic E-state index is 0.0525. The quantitative estimate of drug-likeness (QED) is 0.499. The maximum Gasteiger partial charge on any atom is 0.261 e. The first-order valence-electron chi connectivity index (χ1n) is 11.9. The second-order valence-electron chi connectivity index (χ2n) is 8.87. The summed E-state index contributed by atoms with van der Waals surface area (Å²) in [5, 5.41) is 2.91. The van der Waals surface area contributed by atoms with Crippen LogP contribution >= 0.6 is 0 Å². The van der Waals surface area contributed by atoms with E-state index in [4.69, 9.17) is 4.74 Å². The summed E-state index contributed by atoms with van der Waals surface area (Å²) < 4.78 is 5.21. The Morgan fingerprint density at radius 1 is 1.00 bits per heavy atom. The molecular weight excluding hydrogens is 446 g/mol. The normalized spacial score (nSPS) is 13.6. The van der Waals surface area contributed by atoms with E-state index in [1.165, 1.54) is 4.90 Å². The number of carbonyl (C=O) groups is 4. The predicted molar refractivity (Wildman–Crippen MR) is 132 cm³/mol. The minimum Gasteiger partial charge on any atom is -0.497 e. The van der Waals surface area contributed by atoms with Gasteiger partial charge in [-0.25, -0.2) is 0 Å². The van der Waals surface area contributed by atoms with Crippen molar-refractivity contribution in [3.05, 3.63) is 65.2 Å². The molecule has 1 N–H and O–H groups in total. The number of nitrogens with zero attached hydrogens (tertiary/aromatic N) is 2. The number of carbonyl (C=O) groups excluding carboxylic acids is 4. The van der Waals surface area contributed by atoms with Crippen molar-refractivity contribution in [2.75, 3.05) is 13.7 Å². The van der Waals surface area contributed by atoms with Crippen molar-refractivity contribution in [3.8, 4) is 5.75 Å². The molecule has 0 fully saturated rings. The van der Waals surface area contributed by atoms with Gasteiger partial charge >= 0.3 is 0 Å². The van der Waals surface area contributed by atoms with Gasteiger partial charge in [-0.15, -0.1) is 0 Å². The summed E-state index contributed by atoms with van der Waals surface area (Å²) in [5.41, 5.74) is 1.65. The molecule has 3 rings (SSSR count). The number of benzene rings is 2. The van der Waals surface area contributed by atoms with Gasteiger partial charge < -0.3 is 15.0 Å². The topological polar surface area (TPSA) is 96.0 Å². The predicted octanol–water partition coefficient (Wildman–Crippen LogP) is 3.40. The SMILES string of the molecule is CCC(C(=O)NC(C)C)N(Cc1ccc(OC)cc1)C(=O)CCCN1C(=O)c2ccccc2C1=O. The fourth-order valence-corrected chi connectivity index (χ4v) is 4.20. The fraction of sp³-hybridized carbons (Fsp3) is 0.407. The molecule has 1 atom stereocenters. The van der Waals surface area contributed by atoms with Crippen LogP contribution in [0.3, 0.4) is 0 Å². The highest BCUT2D eigenvalue weighted by Crippen LogP contribution is 2.23. The van der Waals surface area contributed by atoms with Crippen molar-refractivity contribution in [2.24, 2.45) is 0 Å². The highest BCUT2D eigenvalue weighted by Gasteiger charge is 2.35. The third kappa shape index (κ3) is 6.07. The molecular formula is C27H33N3O5. The number of fused-ring (bicyclic) bond motifs is 1. The third-order valence-electron chi connectivity index (χ3n) is 5.98. The van der Waals surface area contributed by atoms with E-state index in [1.54, 1.807) is 36.3 Å². The number of methoxy groups -OCH3 is 1. The molecule has 0 saturated heterocycles. The number of imide groups is 1. The number of ether oxygens (including phenoxy) is 1. The van der Waals surface area contributed by atoms with Gasteiger partial charge in [0.05, 0.1) is 18.2 Å². The number of amides is 4. The van der Waals surface area contributed by atoms with Gasteiger partial charge in [-0.05, 0) is 56.5 Å². The van der Waals surface area contributed by atoms with E-state index < -0.39 is 6.04 Å². The van der Waals surface area contributed by atoms with Crippen molar-refractivity contribution in [1.29, 1.82) is 0 Å². The molecule has 8 nitrogen and oxygen atoms in total. The Kier molecular flexibility index (Phi) is 8.63. The molecule has 2 aromatic carbocycles. The molecule has 2 aromatic rings. The Balaban J connectivity index is 1.71. The third-order valence-corrected chi connectivity index (χ3v) is 5.98. The van der Waals surface area contributed by atoms with Crippen LogP contribution in [0.4, 0.5) is 0 Å². The molecule has 1 heterocycles. The van der Waals surface area contributed by atoms with Crippen LogP contribution in [-0.2, 0) is 16.1 Å². The van der Waals surface area contributed by atoms with Gasteiger partial charge in [0.2, 0.25) is 11.8 Å². The van der Waals surface area contributed by atoms with Crippen molar-refractivity contribution in [1.82, 2.24) is 15.1 Å². The summed E-state index contributed by atoms with van der Waals surface area (Å²) in [4.78, 5) is 54.2. The second-order valence-corrected chi connectivity index (χ2v) is 8.87. The lowest BCUT2D eigenvalue weighted by atomic mass is 10.1. The number of hydrogen-bond acceptors (Lipinski definition) is 5. The summed E-state index contributed by atoms with van der Waals surface area (Å²) in [6, 6.07) is 13.4. The summed E-state index contributed by atoms with van der Waals surface area (Å²) in [5.74, 6) is -0.378. The van der Waals surface area contributed by atoms with E-state index in [2.05, 4.69) is 5.32 Å². The first kappa shape index (κ1) is 25.9. The van der Waals surface area contributed by atoms with E-state index in [9.17, 15) is 19.2 Å². The van der Waals surface area contributed by atoms with Crippen LogP contribution in [0.1, 0.15) is 66.3 Å². The lowest BCUT2D eigenvalue weighted by Crippen LogP contribution is -2.50. The van der Waals surface area contributed by atoms with Crippen molar-refractivity contribution < 1.29 is 23.9 Å². The molecule has 8 heteroatoms. The van der Waals surface area contributed by atoms with Gasteiger partial charge in [-0.2, -0.15) is 0 Å². The monoisotopic (exact) mass is 479 g/mol. The summed E-state index contributed by atoms with van der Waals surface area (Å²) in [6.07, 6.45) is 0.875. The molecule has 1 aliphatic rings. The zero-order valence-corrected chi connectivity index (χ0v) is 20.7. The Morgan fingerprint density at radius 3 is 2.11 bits per heavy atom. The van der Waals surface area contributed by atoms with Crippen LogP contribution in [0.15, 0.2) is 48.5 Å². The van der Waals surface area contributed by atoms with Crippen molar-refractivity contribution in [2.45, 2.75) is 58.7 Å². The van der Waals surface area contributed by atoms with E-state index >= 15 is 0 Å². The standard InChI is InChI=1S/C27H33N3O5/c1-5-23(25(32)28-18(2)3)30(17-19-12-14-20(35-4)15-13-19)24(31)11-8-16-29-26(33)21-9-6-7-10-22(21)27(29)34/h6-7,9-10,12-15,18,23H,5,8,11,16-17H2,1-4H3,(H,28,32). The van der Waals surface area contributed by atoms with Crippen LogP contribution in [0.25, 0.3) is 0 Å². The molecule has 0 saturated carbocycles. The lowest BCUT2D eigenvalue weighted by Gasteiger charge is -2.31. The molecule has 35 heavy (non-hydrogen) atoms. The average Bonchev–Trinajstić information content (AvgIpc) is 3.08. The van der Waals surface area contributed by atoms with Crippen LogP contribution in [0, 0.1) is 0 Å². The average molecular weight is 480 g/mol. The van der Waals surface area contributed by atoms with Crippen LogP contribution in [-0.4, -0.2) is 59.2 Å². The maximum absolute atomic E-state index is 13.3. The van der Waals surface area contributed by atoms with Gasteiger partial charge in [0, 0.05) is 25.6 Å². The smallest absolute Gasteiger partial charge is 0.261 e. The van der Waals surface area contributed by atoms with Crippen LogP contribution in [0.2, 0.25) is 0 Å². The highest BCUT2D eigenvalue weighted by atomic mass is 16.5. The Bertz CT molecular complexity index is 1050. The summed E-state index contributed by atoms with van der Waals surface area (Å²) in [6.45, 7) is 6.03. The Labute approximate surface area is 206 Å². The van der Waals surface area contributed by atoms with E-state index in [-0.39, 0.29) is 49.2 Å². The minimum atomic E-state index is -0.633. The Hall–Kier alpha value is -3.68. The zero-order chi connectivity index (χ0) is 25.5. The molecule has 1 unspecified atom stereocenters. The molecule has 0 radical (unpaired) electrons. The zero-order valence-electron chi connectivity index (χ0n) is 20.7. The largest absolute Gasteiger partial charge is 0.497 e. The highest BCUT2D eigenvalue weighted by molar-refractivity contribution is 6.21. The van der Waals surface area contributed by atoms with E-state index in [1.807, 2.05) is 45.0 Å². The van der Waals surface area contributed by atoms with Crippen molar-refractivity contribution in [3.63, 3.8) is 0 Å². The van der Waals surface area contributed by atoms with E-state index in [0.717, 1.165) is 5.56 Å². The van der Waals surface area contributed by atoms with Gasteiger partial charge in [0.1, 0.15) is 11.8 Å². The maximum atomic E-state index is 13.3. The molecule has 0 aromatic heterocycles.